The molecule has 2 rings (SSSR count). The van der Waals surface area contributed by atoms with Crippen molar-refractivity contribution in [3.05, 3.63) is 35.6 Å². The van der Waals surface area contributed by atoms with Crippen LogP contribution >= 0.6 is 0 Å². The van der Waals surface area contributed by atoms with E-state index in [0.717, 1.165) is 31.2 Å². The van der Waals surface area contributed by atoms with E-state index in [0.29, 0.717) is 6.54 Å². The van der Waals surface area contributed by atoms with Crippen molar-refractivity contribution in [2.24, 2.45) is 11.1 Å². The van der Waals surface area contributed by atoms with E-state index in [-0.39, 0.29) is 23.8 Å². The molecule has 3 N–H and O–H groups in total. The molecule has 0 saturated heterocycles. The summed E-state index contributed by atoms with van der Waals surface area (Å²) in [7, 11) is 0. The van der Waals surface area contributed by atoms with E-state index in [9.17, 15) is 9.50 Å². The van der Waals surface area contributed by atoms with Gasteiger partial charge in [-0.3, -0.25) is 0 Å². The number of hydrogen-bond donors (Lipinski definition) is 2. The number of nitrogens with two attached hydrogens (primary N) is 1. The zero-order valence-electron chi connectivity index (χ0n) is 10.0. The number of hydrogen-bond acceptors (Lipinski definition) is 2. The number of halogens is 1. The largest absolute Gasteiger partial charge is 0.396 e. The van der Waals surface area contributed by atoms with Crippen LogP contribution in [0.25, 0.3) is 0 Å². The zero-order valence-corrected chi connectivity index (χ0v) is 10.0. The van der Waals surface area contributed by atoms with Crippen LogP contribution in [-0.4, -0.2) is 18.3 Å². The van der Waals surface area contributed by atoms with E-state index >= 15 is 0 Å². The fourth-order valence-electron chi connectivity index (χ4n) is 3.16. The monoisotopic (exact) mass is 237 g/mol. The van der Waals surface area contributed by atoms with Crippen molar-refractivity contribution in [2.75, 3.05) is 13.2 Å². The van der Waals surface area contributed by atoms with Crippen LogP contribution in [0, 0.1) is 11.2 Å². The number of aliphatic hydroxyl groups is 1. The zero-order chi connectivity index (χ0) is 12.3. The van der Waals surface area contributed by atoms with Gasteiger partial charge in [0, 0.05) is 17.9 Å². The van der Waals surface area contributed by atoms with Gasteiger partial charge in [-0.05, 0) is 37.1 Å². The summed E-state index contributed by atoms with van der Waals surface area (Å²) in [6.45, 7) is 0.607. The summed E-state index contributed by atoms with van der Waals surface area (Å²) >= 11 is 0. The predicted molar refractivity (Wildman–Crippen MR) is 66.2 cm³/mol. The summed E-state index contributed by atoms with van der Waals surface area (Å²) in [5, 5.41) is 9.70. The Morgan fingerprint density at radius 2 is 2.06 bits per heavy atom. The minimum absolute atomic E-state index is 0.0608. The van der Waals surface area contributed by atoms with Crippen LogP contribution < -0.4 is 5.73 Å². The van der Waals surface area contributed by atoms with Gasteiger partial charge in [0.25, 0.3) is 0 Å². The molecule has 1 saturated carbocycles. The van der Waals surface area contributed by atoms with Crippen molar-refractivity contribution >= 4 is 0 Å². The van der Waals surface area contributed by atoms with Crippen LogP contribution in [-0.2, 0) is 0 Å². The molecule has 1 atom stereocenters. The Balaban J connectivity index is 2.32. The number of aliphatic hydroxyl groups excluding tert-OH is 1. The summed E-state index contributed by atoms with van der Waals surface area (Å²) in [6, 6.07) is 6.62. The maximum Gasteiger partial charge on any atom is 0.123 e. The molecular weight excluding hydrogens is 217 g/mol. The summed E-state index contributed by atoms with van der Waals surface area (Å²) < 4.78 is 13.3. The van der Waals surface area contributed by atoms with Gasteiger partial charge in [0.15, 0.2) is 0 Å². The van der Waals surface area contributed by atoms with Crippen molar-refractivity contribution in [2.45, 2.75) is 31.6 Å². The third kappa shape index (κ3) is 2.35. The van der Waals surface area contributed by atoms with E-state index in [1.54, 1.807) is 12.1 Å². The lowest BCUT2D eigenvalue weighted by atomic mass is 9.71. The van der Waals surface area contributed by atoms with Crippen LogP contribution in [0.3, 0.4) is 0 Å². The second kappa shape index (κ2) is 5.15. The van der Waals surface area contributed by atoms with Gasteiger partial charge in [-0.15, -0.1) is 0 Å². The van der Waals surface area contributed by atoms with Crippen molar-refractivity contribution in [1.82, 2.24) is 0 Å². The summed E-state index contributed by atoms with van der Waals surface area (Å²) in [6.07, 6.45) is 4.24. The third-order valence-corrected chi connectivity index (χ3v) is 4.14. The Morgan fingerprint density at radius 1 is 1.35 bits per heavy atom. The fourth-order valence-corrected chi connectivity index (χ4v) is 3.16. The Hall–Kier alpha value is -0.930. The highest BCUT2D eigenvalue weighted by atomic mass is 19.1. The predicted octanol–water partition coefficient (Wildman–Crippen LogP) is 2.42. The van der Waals surface area contributed by atoms with Crippen LogP contribution in [0.2, 0.25) is 0 Å². The quantitative estimate of drug-likeness (QED) is 0.844. The van der Waals surface area contributed by atoms with E-state index in [4.69, 9.17) is 5.73 Å². The van der Waals surface area contributed by atoms with Gasteiger partial charge in [-0.25, -0.2) is 4.39 Å². The summed E-state index contributed by atoms with van der Waals surface area (Å²) in [5.74, 6) is -0.169. The molecule has 1 aliphatic carbocycles. The van der Waals surface area contributed by atoms with Gasteiger partial charge in [-0.2, -0.15) is 0 Å². The first-order chi connectivity index (χ1) is 8.22. The molecule has 0 aromatic heterocycles. The van der Waals surface area contributed by atoms with E-state index in [2.05, 4.69) is 0 Å². The van der Waals surface area contributed by atoms with Gasteiger partial charge in [0.1, 0.15) is 5.82 Å². The molecule has 1 aliphatic rings. The Morgan fingerprint density at radius 3 is 2.59 bits per heavy atom. The SMILES string of the molecule is NC[C@@H](c1cccc(F)c1)C1(CO)CCCC1. The minimum atomic E-state index is -0.230. The first-order valence-corrected chi connectivity index (χ1v) is 6.28. The highest BCUT2D eigenvalue weighted by molar-refractivity contribution is 5.24. The fraction of sp³-hybridized carbons (Fsp3) is 0.571. The lowest BCUT2D eigenvalue weighted by Crippen LogP contribution is -2.34. The van der Waals surface area contributed by atoms with Gasteiger partial charge in [-0.1, -0.05) is 25.0 Å². The molecule has 0 aliphatic heterocycles. The average molecular weight is 237 g/mol. The highest BCUT2D eigenvalue weighted by Crippen LogP contribution is 2.48. The van der Waals surface area contributed by atoms with Gasteiger partial charge in [0.05, 0.1) is 0 Å². The maximum absolute atomic E-state index is 13.3. The molecule has 3 heteroatoms. The third-order valence-electron chi connectivity index (χ3n) is 4.14. The van der Waals surface area contributed by atoms with Crippen molar-refractivity contribution in [3.8, 4) is 0 Å². The molecular formula is C14H20FNO. The standard InChI is InChI=1S/C14H20FNO/c15-12-5-3-4-11(8-12)13(9-16)14(10-17)6-1-2-7-14/h3-5,8,13,17H,1-2,6-7,9-10,16H2/t13-/m0/s1. The topological polar surface area (TPSA) is 46.2 Å². The average Bonchev–Trinajstić information content (AvgIpc) is 2.80. The lowest BCUT2D eigenvalue weighted by molar-refractivity contribution is 0.102. The second-order valence-corrected chi connectivity index (χ2v) is 5.07. The highest BCUT2D eigenvalue weighted by Gasteiger charge is 2.40. The van der Waals surface area contributed by atoms with Gasteiger partial charge >= 0.3 is 0 Å². The molecule has 0 heterocycles. The number of benzene rings is 1. The Bertz CT molecular complexity index is 374. The van der Waals surface area contributed by atoms with E-state index in [1.165, 1.54) is 6.07 Å². The molecule has 0 spiro atoms. The lowest BCUT2D eigenvalue weighted by Gasteiger charge is -2.35. The molecule has 1 aromatic rings. The molecule has 1 fully saturated rings. The van der Waals surface area contributed by atoms with Crippen molar-refractivity contribution in [3.63, 3.8) is 0 Å². The van der Waals surface area contributed by atoms with Crippen LogP contribution in [0.4, 0.5) is 4.39 Å². The summed E-state index contributed by atoms with van der Waals surface area (Å²) in [4.78, 5) is 0. The van der Waals surface area contributed by atoms with Crippen molar-refractivity contribution in [1.29, 1.82) is 0 Å². The minimum Gasteiger partial charge on any atom is -0.396 e. The first-order valence-electron chi connectivity index (χ1n) is 6.28. The van der Waals surface area contributed by atoms with Crippen LogP contribution in [0.15, 0.2) is 24.3 Å². The Kier molecular flexibility index (Phi) is 3.79. The Labute approximate surface area is 102 Å². The maximum atomic E-state index is 13.3. The van der Waals surface area contributed by atoms with Crippen molar-refractivity contribution < 1.29 is 9.50 Å². The first kappa shape index (κ1) is 12.5. The van der Waals surface area contributed by atoms with E-state index < -0.39 is 0 Å². The molecule has 0 bridgehead atoms. The summed E-state index contributed by atoms with van der Waals surface area (Å²) in [5.41, 5.74) is 6.65. The van der Waals surface area contributed by atoms with Crippen LogP contribution in [0.1, 0.15) is 37.2 Å². The molecule has 94 valence electrons. The molecule has 0 amide bonds. The molecule has 2 nitrogen and oxygen atoms in total. The molecule has 0 unspecified atom stereocenters. The van der Waals surface area contributed by atoms with Gasteiger partial charge < -0.3 is 10.8 Å². The molecule has 0 radical (unpaired) electrons. The smallest absolute Gasteiger partial charge is 0.123 e. The van der Waals surface area contributed by atoms with Crippen LogP contribution in [0.5, 0.6) is 0 Å². The molecule has 1 aromatic carbocycles. The van der Waals surface area contributed by atoms with E-state index in [1.807, 2.05) is 6.07 Å². The normalized spacial score (nSPS) is 20.4. The molecule has 17 heavy (non-hydrogen) atoms. The van der Waals surface area contributed by atoms with Gasteiger partial charge in [0.2, 0.25) is 0 Å². The number of rotatable bonds is 4. The second-order valence-electron chi connectivity index (χ2n) is 5.07.